The van der Waals surface area contributed by atoms with E-state index in [4.69, 9.17) is 23.2 Å². The lowest BCUT2D eigenvalue weighted by molar-refractivity contribution is 0.218. The topological polar surface area (TPSA) is 20.2 Å². The maximum absolute atomic E-state index is 13.3. The average molecular weight is 299 g/mol. The maximum Gasteiger partial charge on any atom is 0.123 e. The van der Waals surface area contributed by atoms with Crippen molar-refractivity contribution < 1.29 is 9.50 Å². The molecule has 0 spiro atoms. The molecule has 2 aromatic carbocycles. The summed E-state index contributed by atoms with van der Waals surface area (Å²) in [5.74, 6) is -0.312. The fourth-order valence-corrected chi connectivity index (χ4v) is 2.74. The van der Waals surface area contributed by atoms with E-state index < -0.39 is 6.10 Å². The molecule has 0 fully saturated rings. The lowest BCUT2D eigenvalue weighted by atomic mass is 9.93. The van der Waals surface area contributed by atoms with Crippen molar-refractivity contribution in [2.24, 2.45) is 0 Å². The van der Waals surface area contributed by atoms with Crippen LogP contribution in [0.1, 0.15) is 28.4 Å². The Balaban J connectivity index is 2.53. The third kappa shape index (κ3) is 2.92. The molecule has 0 saturated heterocycles. The number of aryl methyl sites for hydroxylation is 2. The molecule has 2 rings (SSSR count). The van der Waals surface area contributed by atoms with Crippen LogP contribution in [0.5, 0.6) is 0 Å². The third-order valence-electron chi connectivity index (χ3n) is 3.09. The minimum atomic E-state index is -0.898. The van der Waals surface area contributed by atoms with Gasteiger partial charge in [-0.05, 0) is 54.8 Å². The normalized spacial score (nSPS) is 12.5. The highest BCUT2D eigenvalue weighted by molar-refractivity contribution is 6.35. The molecule has 0 aliphatic carbocycles. The van der Waals surface area contributed by atoms with Crippen LogP contribution in [0.2, 0.25) is 10.0 Å². The average Bonchev–Trinajstić information content (AvgIpc) is 2.26. The van der Waals surface area contributed by atoms with E-state index in [9.17, 15) is 9.50 Å². The quantitative estimate of drug-likeness (QED) is 0.842. The molecule has 0 aromatic heterocycles. The van der Waals surface area contributed by atoms with Crippen LogP contribution >= 0.6 is 23.2 Å². The Hall–Kier alpha value is -1.09. The van der Waals surface area contributed by atoms with Gasteiger partial charge in [-0.25, -0.2) is 4.39 Å². The largest absolute Gasteiger partial charge is 0.384 e. The van der Waals surface area contributed by atoms with Gasteiger partial charge in [-0.1, -0.05) is 29.3 Å². The van der Waals surface area contributed by atoms with Crippen LogP contribution in [-0.4, -0.2) is 5.11 Å². The van der Waals surface area contributed by atoms with E-state index in [-0.39, 0.29) is 5.82 Å². The molecule has 0 aliphatic rings. The highest BCUT2D eigenvalue weighted by atomic mass is 35.5. The lowest BCUT2D eigenvalue weighted by Gasteiger charge is -2.18. The number of rotatable bonds is 2. The summed E-state index contributed by atoms with van der Waals surface area (Å²) in [6, 6.07) is 7.72. The zero-order valence-corrected chi connectivity index (χ0v) is 12.1. The number of benzene rings is 2. The smallest absolute Gasteiger partial charge is 0.123 e. The van der Waals surface area contributed by atoms with E-state index >= 15 is 0 Å². The second-order valence-electron chi connectivity index (χ2n) is 4.52. The molecule has 19 heavy (non-hydrogen) atoms. The van der Waals surface area contributed by atoms with Crippen molar-refractivity contribution in [2.75, 3.05) is 0 Å². The molecular formula is C15H13Cl2FO. The highest BCUT2D eigenvalue weighted by Crippen LogP contribution is 2.33. The molecule has 1 atom stereocenters. The number of hydrogen-bond acceptors (Lipinski definition) is 1. The SMILES string of the molecule is Cc1cc(F)cc(C)c1C(O)c1ccc(Cl)cc1Cl. The van der Waals surface area contributed by atoms with Gasteiger partial charge >= 0.3 is 0 Å². The molecule has 0 saturated carbocycles. The Morgan fingerprint density at radius 2 is 1.63 bits per heavy atom. The molecule has 0 bridgehead atoms. The van der Waals surface area contributed by atoms with Crippen LogP contribution in [0.15, 0.2) is 30.3 Å². The molecule has 0 amide bonds. The molecule has 1 unspecified atom stereocenters. The summed E-state index contributed by atoms with van der Waals surface area (Å²) in [6.45, 7) is 3.52. The Morgan fingerprint density at radius 1 is 1.05 bits per heavy atom. The molecule has 0 heterocycles. The van der Waals surface area contributed by atoms with E-state index in [0.717, 1.165) is 0 Å². The van der Waals surface area contributed by atoms with Crippen molar-refractivity contribution in [1.29, 1.82) is 0 Å². The third-order valence-corrected chi connectivity index (χ3v) is 3.65. The Labute approximate surface area is 121 Å². The van der Waals surface area contributed by atoms with Gasteiger partial charge in [-0.3, -0.25) is 0 Å². The second kappa shape index (κ2) is 5.49. The molecule has 100 valence electrons. The minimum Gasteiger partial charge on any atom is -0.384 e. The maximum atomic E-state index is 13.3. The van der Waals surface area contributed by atoms with E-state index in [0.29, 0.717) is 32.3 Å². The predicted molar refractivity (Wildman–Crippen MR) is 76.4 cm³/mol. The Kier molecular flexibility index (Phi) is 4.14. The first kappa shape index (κ1) is 14.3. The zero-order valence-electron chi connectivity index (χ0n) is 10.5. The number of aliphatic hydroxyl groups excluding tert-OH is 1. The Bertz CT molecular complexity index is 603. The standard InChI is InChI=1S/C15H13Cl2FO/c1-8-5-11(18)6-9(2)14(8)15(19)12-4-3-10(16)7-13(12)17/h3-7,15,19H,1-2H3. The monoisotopic (exact) mass is 298 g/mol. The van der Waals surface area contributed by atoms with Gasteiger partial charge in [0.25, 0.3) is 0 Å². The summed E-state index contributed by atoms with van der Waals surface area (Å²) < 4.78 is 13.3. The van der Waals surface area contributed by atoms with Gasteiger partial charge in [-0.2, -0.15) is 0 Å². The van der Waals surface area contributed by atoms with Crippen LogP contribution in [0.3, 0.4) is 0 Å². The fourth-order valence-electron chi connectivity index (χ4n) is 2.23. The fraction of sp³-hybridized carbons (Fsp3) is 0.200. The van der Waals surface area contributed by atoms with E-state index in [2.05, 4.69) is 0 Å². The summed E-state index contributed by atoms with van der Waals surface area (Å²) in [7, 11) is 0. The van der Waals surface area contributed by atoms with Gasteiger partial charge in [0.15, 0.2) is 0 Å². The van der Waals surface area contributed by atoms with Gasteiger partial charge in [0, 0.05) is 15.6 Å². The molecular weight excluding hydrogens is 286 g/mol. The second-order valence-corrected chi connectivity index (χ2v) is 5.37. The first-order valence-corrected chi connectivity index (χ1v) is 6.55. The number of hydrogen-bond donors (Lipinski definition) is 1. The molecule has 1 N–H and O–H groups in total. The summed E-state index contributed by atoms with van der Waals surface area (Å²) in [6.07, 6.45) is -0.898. The van der Waals surface area contributed by atoms with Crippen LogP contribution in [-0.2, 0) is 0 Å². The van der Waals surface area contributed by atoms with Crippen molar-refractivity contribution in [1.82, 2.24) is 0 Å². The van der Waals surface area contributed by atoms with Crippen LogP contribution in [0.4, 0.5) is 4.39 Å². The molecule has 4 heteroatoms. The first-order valence-electron chi connectivity index (χ1n) is 5.80. The van der Waals surface area contributed by atoms with Gasteiger partial charge < -0.3 is 5.11 Å². The van der Waals surface area contributed by atoms with Gasteiger partial charge in [0.2, 0.25) is 0 Å². The van der Waals surface area contributed by atoms with E-state index in [1.165, 1.54) is 12.1 Å². The molecule has 2 aromatic rings. The van der Waals surface area contributed by atoms with Crippen molar-refractivity contribution >= 4 is 23.2 Å². The number of halogens is 3. The molecule has 0 aliphatic heterocycles. The summed E-state index contributed by atoms with van der Waals surface area (Å²) >= 11 is 11.9. The van der Waals surface area contributed by atoms with Gasteiger partial charge in [0.05, 0.1) is 0 Å². The van der Waals surface area contributed by atoms with Crippen molar-refractivity contribution in [2.45, 2.75) is 20.0 Å². The van der Waals surface area contributed by atoms with Crippen molar-refractivity contribution in [3.05, 3.63) is 68.4 Å². The zero-order chi connectivity index (χ0) is 14.2. The lowest BCUT2D eigenvalue weighted by Crippen LogP contribution is -2.06. The van der Waals surface area contributed by atoms with E-state index in [1.54, 1.807) is 32.0 Å². The van der Waals surface area contributed by atoms with E-state index in [1.807, 2.05) is 0 Å². The minimum absolute atomic E-state index is 0.312. The first-order chi connectivity index (χ1) is 8.90. The van der Waals surface area contributed by atoms with Crippen molar-refractivity contribution in [3.8, 4) is 0 Å². The molecule has 1 nitrogen and oxygen atoms in total. The predicted octanol–water partition coefficient (Wildman–Crippen LogP) is 4.83. The Morgan fingerprint density at radius 3 is 2.16 bits per heavy atom. The van der Waals surface area contributed by atoms with Crippen molar-refractivity contribution in [3.63, 3.8) is 0 Å². The van der Waals surface area contributed by atoms with Gasteiger partial charge in [0.1, 0.15) is 11.9 Å². The van der Waals surface area contributed by atoms with Crippen LogP contribution in [0.25, 0.3) is 0 Å². The summed E-state index contributed by atoms with van der Waals surface area (Å²) in [5.41, 5.74) is 2.61. The number of aliphatic hydroxyl groups is 1. The molecule has 0 radical (unpaired) electrons. The van der Waals surface area contributed by atoms with Crippen LogP contribution < -0.4 is 0 Å². The highest BCUT2D eigenvalue weighted by Gasteiger charge is 2.19. The summed E-state index contributed by atoms with van der Waals surface area (Å²) in [5, 5.41) is 11.4. The summed E-state index contributed by atoms with van der Waals surface area (Å²) in [4.78, 5) is 0. The van der Waals surface area contributed by atoms with Gasteiger partial charge in [-0.15, -0.1) is 0 Å². The van der Waals surface area contributed by atoms with Crippen LogP contribution in [0, 0.1) is 19.7 Å².